The Labute approximate surface area is 80.9 Å². The van der Waals surface area contributed by atoms with Gasteiger partial charge >= 0.3 is 0 Å². The molecule has 74 valence electrons. The second-order valence-electron chi connectivity index (χ2n) is 3.68. The van der Waals surface area contributed by atoms with Crippen LogP contribution in [0.15, 0.2) is 23.8 Å². The summed E-state index contributed by atoms with van der Waals surface area (Å²) in [5.74, 6) is 0. The molecule has 0 amide bonds. The summed E-state index contributed by atoms with van der Waals surface area (Å²) in [7, 11) is 5.98. The van der Waals surface area contributed by atoms with E-state index in [2.05, 4.69) is 37.2 Å². The molecule has 0 bridgehead atoms. The molecular formula is C11H19NO. The molecule has 0 aromatic rings. The van der Waals surface area contributed by atoms with Crippen molar-refractivity contribution < 1.29 is 4.74 Å². The number of hydrogen-bond acceptors (Lipinski definition) is 2. The first kappa shape index (κ1) is 10.5. The molecule has 13 heavy (non-hydrogen) atoms. The summed E-state index contributed by atoms with van der Waals surface area (Å²) in [5, 5.41) is 0. The third-order valence-corrected chi connectivity index (χ3v) is 2.34. The highest BCUT2D eigenvalue weighted by Gasteiger charge is 2.13. The second-order valence-corrected chi connectivity index (χ2v) is 3.68. The predicted molar refractivity (Wildman–Crippen MR) is 55.8 cm³/mol. The number of allylic oxidation sites excluding steroid dienone is 2. The Balaban J connectivity index is 2.45. The van der Waals surface area contributed by atoms with Gasteiger partial charge in [-0.25, -0.2) is 0 Å². The minimum Gasteiger partial charge on any atom is -0.377 e. The van der Waals surface area contributed by atoms with Crippen molar-refractivity contribution in [3.63, 3.8) is 0 Å². The topological polar surface area (TPSA) is 12.5 Å². The third kappa shape index (κ3) is 3.33. The zero-order chi connectivity index (χ0) is 9.68. The smallest absolute Gasteiger partial charge is 0.0819 e. The standard InChI is InChI=1S/C11H19NO/c1-12(2)9-8-10-6-4-5-7-11(10)13-3/h4-6,11H,7-9H2,1-3H3. The van der Waals surface area contributed by atoms with E-state index in [0.29, 0.717) is 6.10 Å². The van der Waals surface area contributed by atoms with E-state index in [1.54, 1.807) is 7.11 Å². The Morgan fingerprint density at radius 2 is 2.31 bits per heavy atom. The van der Waals surface area contributed by atoms with E-state index in [9.17, 15) is 0 Å². The van der Waals surface area contributed by atoms with Gasteiger partial charge in [0, 0.05) is 13.7 Å². The quantitative estimate of drug-likeness (QED) is 0.656. The van der Waals surface area contributed by atoms with Crippen LogP contribution in [0, 0.1) is 0 Å². The molecule has 0 aromatic heterocycles. The number of ether oxygens (including phenoxy) is 1. The van der Waals surface area contributed by atoms with Crippen molar-refractivity contribution in [2.45, 2.75) is 18.9 Å². The van der Waals surface area contributed by atoms with Gasteiger partial charge in [0.15, 0.2) is 0 Å². The fourth-order valence-corrected chi connectivity index (χ4v) is 1.50. The lowest BCUT2D eigenvalue weighted by molar-refractivity contribution is 0.129. The van der Waals surface area contributed by atoms with Crippen LogP contribution in [0.2, 0.25) is 0 Å². The number of methoxy groups -OCH3 is 1. The van der Waals surface area contributed by atoms with Crippen LogP contribution in [0.1, 0.15) is 12.8 Å². The minimum atomic E-state index is 0.310. The van der Waals surface area contributed by atoms with E-state index in [1.807, 2.05) is 0 Å². The van der Waals surface area contributed by atoms with Gasteiger partial charge in [-0.1, -0.05) is 18.2 Å². The fourth-order valence-electron chi connectivity index (χ4n) is 1.50. The van der Waals surface area contributed by atoms with Crippen molar-refractivity contribution in [3.8, 4) is 0 Å². The van der Waals surface area contributed by atoms with Crippen LogP contribution >= 0.6 is 0 Å². The molecule has 0 fully saturated rings. The van der Waals surface area contributed by atoms with E-state index in [1.165, 1.54) is 5.57 Å². The highest BCUT2D eigenvalue weighted by atomic mass is 16.5. The summed E-state index contributed by atoms with van der Waals surface area (Å²) < 4.78 is 5.40. The summed E-state index contributed by atoms with van der Waals surface area (Å²) in [6, 6.07) is 0. The zero-order valence-electron chi connectivity index (χ0n) is 8.79. The lowest BCUT2D eigenvalue weighted by atomic mass is 9.98. The SMILES string of the molecule is COC1CC=CC=C1CCN(C)C. The highest BCUT2D eigenvalue weighted by molar-refractivity contribution is 5.22. The van der Waals surface area contributed by atoms with Gasteiger partial charge in [0.25, 0.3) is 0 Å². The van der Waals surface area contributed by atoms with Gasteiger partial charge in [0.05, 0.1) is 6.10 Å². The first-order chi connectivity index (χ1) is 6.24. The van der Waals surface area contributed by atoms with Crippen LogP contribution in [0.4, 0.5) is 0 Å². The van der Waals surface area contributed by atoms with Gasteiger partial charge in [-0.3, -0.25) is 0 Å². The summed E-state index contributed by atoms with van der Waals surface area (Å²) in [5.41, 5.74) is 1.42. The molecule has 1 unspecified atom stereocenters. The molecule has 2 nitrogen and oxygen atoms in total. The molecule has 2 heteroatoms. The van der Waals surface area contributed by atoms with Gasteiger partial charge in [-0.05, 0) is 32.5 Å². The minimum absolute atomic E-state index is 0.310. The second kappa shape index (κ2) is 5.20. The average molecular weight is 181 g/mol. The van der Waals surface area contributed by atoms with E-state index in [0.717, 1.165) is 19.4 Å². The number of rotatable bonds is 4. The van der Waals surface area contributed by atoms with Crippen LogP contribution in [-0.4, -0.2) is 38.8 Å². The molecule has 1 aliphatic rings. The van der Waals surface area contributed by atoms with E-state index >= 15 is 0 Å². The van der Waals surface area contributed by atoms with Crippen molar-refractivity contribution in [3.05, 3.63) is 23.8 Å². The molecule has 0 spiro atoms. The predicted octanol–water partition coefficient (Wildman–Crippen LogP) is 1.84. The van der Waals surface area contributed by atoms with Crippen molar-refractivity contribution in [2.75, 3.05) is 27.7 Å². The van der Waals surface area contributed by atoms with Crippen LogP contribution in [-0.2, 0) is 4.74 Å². The lowest BCUT2D eigenvalue weighted by Gasteiger charge is -2.21. The monoisotopic (exact) mass is 181 g/mol. The molecular weight excluding hydrogens is 162 g/mol. The molecule has 0 saturated heterocycles. The van der Waals surface area contributed by atoms with E-state index in [-0.39, 0.29) is 0 Å². The number of nitrogens with zero attached hydrogens (tertiary/aromatic N) is 1. The Morgan fingerprint density at radius 1 is 1.54 bits per heavy atom. The Hall–Kier alpha value is -0.600. The van der Waals surface area contributed by atoms with E-state index in [4.69, 9.17) is 4.74 Å². The van der Waals surface area contributed by atoms with Gasteiger partial charge in [-0.15, -0.1) is 0 Å². The Kier molecular flexibility index (Phi) is 4.19. The largest absolute Gasteiger partial charge is 0.377 e. The highest BCUT2D eigenvalue weighted by Crippen LogP contribution is 2.18. The van der Waals surface area contributed by atoms with Crippen LogP contribution < -0.4 is 0 Å². The maximum absolute atomic E-state index is 5.40. The molecule has 0 radical (unpaired) electrons. The van der Waals surface area contributed by atoms with Crippen molar-refractivity contribution in [1.82, 2.24) is 4.90 Å². The summed E-state index contributed by atoms with van der Waals surface area (Å²) in [6.07, 6.45) is 8.91. The van der Waals surface area contributed by atoms with E-state index < -0.39 is 0 Å². The van der Waals surface area contributed by atoms with Crippen molar-refractivity contribution >= 4 is 0 Å². The van der Waals surface area contributed by atoms with Crippen LogP contribution in [0.5, 0.6) is 0 Å². The Morgan fingerprint density at radius 3 is 2.92 bits per heavy atom. The fraction of sp³-hybridized carbons (Fsp3) is 0.636. The van der Waals surface area contributed by atoms with Gasteiger partial charge in [0.1, 0.15) is 0 Å². The normalized spacial score (nSPS) is 22.2. The summed E-state index contributed by atoms with van der Waals surface area (Å²) in [6.45, 7) is 1.10. The number of hydrogen-bond donors (Lipinski definition) is 0. The maximum Gasteiger partial charge on any atom is 0.0819 e. The molecule has 0 saturated carbocycles. The molecule has 1 aliphatic carbocycles. The van der Waals surface area contributed by atoms with Gasteiger partial charge < -0.3 is 9.64 Å². The third-order valence-electron chi connectivity index (χ3n) is 2.34. The molecule has 1 atom stereocenters. The summed E-state index contributed by atoms with van der Waals surface area (Å²) >= 11 is 0. The van der Waals surface area contributed by atoms with Crippen molar-refractivity contribution in [1.29, 1.82) is 0 Å². The zero-order valence-corrected chi connectivity index (χ0v) is 8.79. The first-order valence-electron chi connectivity index (χ1n) is 4.77. The van der Waals surface area contributed by atoms with Crippen LogP contribution in [0.25, 0.3) is 0 Å². The molecule has 0 heterocycles. The van der Waals surface area contributed by atoms with Gasteiger partial charge in [-0.2, -0.15) is 0 Å². The van der Waals surface area contributed by atoms with Gasteiger partial charge in [0.2, 0.25) is 0 Å². The first-order valence-corrected chi connectivity index (χ1v) is 4.77. The molecule has 0 aromatic carbocycles. The lowest BCUT2D eigenvalue weighted by Crippen LogP contribution is -2.20. The summed E-state index contributed by atoms with van der Waals surface area (Å²) in [4.78, 5) is 2.20. The molecule has 0 N–H and O–H groups in total. The average Bonchev–Trinajstić information content (AvgIpc) is 2.15. The molecule has 1 rings (SSSR count). The van der Waals surface area contributed by atoms with Crippen molar-refractivity contribution in [2.24, 2.45) is 0 Å². The Bertz CT molecular complexity index is 206. The maximum atomic E-state index is 5.40. The molecule has 0 aliphatic heterocycles. The van der Waals surface area contributed by atoms with Crippen LogP contribution in [0.3, 0.4) is 0 Å².